The third-order valence-corrected chi connectivity index (χ3v) is 4.62. The van der Waals surface area contributed by atoms with Crippen LogP contribution in [0.5, 0.6) is 0 Å². The van der Waals surface area contributed by atoms with Gasteiger partial charge in [-0.1, -0.05) is 0 Å². The van der Waals surface area contributed by atoms with Crippen molar-refractivity contribution < 1.29 is 4.79 Å². The third kappa shape index (κ3) is 3.12. The van der Waals surface area contributed by atoms with E-state index in [9.17, 15) is 14.4 Å². The maximum absolute atomic E-state index is 12.7. The van der Waals surface area contributed by atoms with Crippen molar-refractivity contribution in [1.29, 1.82) is 0 Å². The molecule has 0 saturated heterocycles. The van der Waals surface area contributed by atoms with Gasteiger partial charge >= 0.3 is 5.69 Å². The van der Waals surface area contributed by atoms with Gasteiger partial charge in [0.15, 0.2) is 11.2 Å². The van der Waals surface area contributed by atoms with Gasteiger partial charge in [0, 0.05) is 39.6 Å². The first kappa shape index (κ1) is 18.4. The number of fused-ring (bicyclic) bond motifs is 1. The standard InChI is InChI=1S/C18H22N6O3/c1-11(16(25)20-12-6-8-13(9-7-12)21(2)3)24-10-19-15-14(24)17(26)23(5)18(27)22(15)4/h6-11H,1-5H3,(H,20,25). The zero-order valence-electron chi connectivity index (χ0n) is 15.9. The molecule has 0 bridgehead atoms. The number of amides is 1. The number of nitrogens with one attached hydrogen (secondary N) is 1. The lowest BCUT2D eigenvalue weighted by atomic mass is 10.2. The Hall–Kier alpha value is -3.36. The van der Waals surface area contributed by atoms with Crippen LogP contribution in [0.3, 0.4) is 0 Å². The Morgan fingerprint density at radius 3 is 2.33 bits per heavy atom. The molecule has 1 unspecified atom stereocenters. The smallest absolute Gasteiger partial charge is 0.332 e. The number of hydrogen-bond acceptors (Lipinski definition) is 5. The molecule has 9 nitrogen and oxygen atoms in total. The fourth-order valence-corrected chi connectivity index (χ4v) is 2.87. The summed E-state index contributed by atoms with van der Waals surface area (Å²) in [7, 11) is 6.82. The number of anilines is 2. The van der Waals surface area contributed by atoms with Gasteiger partial charge in [-0.2, -0.15) is 0 Å². The van der Waals surface area contributed by atoms with Crippen LogP contribution in [0.4, 0.5) is 11.4 Å². The molecule has 0 aliphatic heterocycles. The monoisotopic (exact) mass is 370 g/mol. The molecule has 1 N–H and O–H groups in total. The first-order valence-corrected chi connectivity index (χ1v) is 8.43. The van der Waals surface area contributed by atoms with E-state index in [4.69, 9.17) is 0 Å². The van der Waals surface area contributed by atoms with Gasteiger partial charge in [0.05, 0.1) is 6.33 Å². The van der Waals surface area contributed by atoms with E-state index in [-0.39, 0.29) is 17.1 Å². The lowest BCUT2D eigenvalue weighted by Gasteiger charge is -2.16. The first-order chi connectivity index (χ1) is 12.7. The van der Waals surface area contributed by atoms with Crippen LogP contribution in [-0.4, -0.2) is 38.7 Å². The van der Waals surface area contributed by atoms with Gasteiger partial charge in [0.1, 0.15) is 6.04 Å². The molecule has 3 rings (SSSR count). The molecule has 1 aromatic carbocycles. The largest absolute Gasteiger partial charge is 0.378 e. The SMILES string of the molecule is CC(C(=O)Nc1ccc(N(C)C)cc1)n1cnc2c1c(=O)n(C)c(=O)n2C. The van der Waals surface area contributed by atoms with E-state index >= 15 is 0 Å². The second-order valence-electron chi connectivity index (χ2n) is 6.64. The number of nitrogens with zero attached hydrogens (tertiary/aromatic N) is 5. The van der Waals surface area contributed by atoms with Gasteiger partial charge in [-0.25, -0.2) is 9.78 Å². The second kappa shape index (κ2) is 6.75. The molecule has 0 aliphatic rings. The second-order valence-corrected chi connectivity index (χ2v) is 6.64. The zero-order chi connectivity index (χ0) is 19.9. The molecule has 27 heavy (non-hydrogen) atoms. The third-order valence-electron chi connectivity index (χ3n) is 4.62. The van der Waals surface area contributed by atoms with E-state index in [0.717, 1.165) is 10.3 Å². The molecule has 9 heteroatoms. The quantitative estimate of drug-likeness (QED) is 0.730. The highest BCUT2D eigenvalue weighted by atomic mass is 16.2. The van der Waals surface area contributed by atoms with Crippen LogP contribution in [0.1, 0.15) is 13.0 Å². The van der Waals surface area contributed by atoms with Gasteiger partial charge < -0.3 is 14.8 Å². The Labute approximate surface area is 155 Å². The number of benzene rings is 1. The summed E-state index contributed by atoms with van der Waals surface area (Å²) in [6.45, 7) is 1.68. The number of carbonyl (C=O) groups excluding carboxylic acids is 1. The Morgan fingerprint density at radius 2 is 1.74 bits per heavy atom. The van der Waals surface area contributed by atoms with Gasteiger partial charge in [0.2, 0.25) is 5.91 Å². The number of aromatic nitrogens is 4. The lowest BCUT2D eigenvalue weighted by Crippen LogP contribution is -2.38. The average Bonchev–Trinajstić information content (AvgIpc) is 3.09. The summed E-state index contributed by atoms with van der Waals surface area (Å²) in [6, 6.07) is 6.74. The highest BCUT2D eigenvalue weighted by Gasteiger charge is 2.21. The van der Waals surface area contributed by atoms with Gasteiger partial charge in [-0.15, -0.1) is 0 Å². The molecule has 0 saturated carbocycles. The van der Waals surface area contributed by atoms with Crippen molar-refractivity contribution in [2.45, 2.75) is 13.0 Å². The molecule has 0 fully saturated rings. The van der Waals surface area contributed by atoms with Crippen LogP contribution in [0, 0.1) is 0 Å². The zero-order valence-corrected chi connectivity index (χ0v) is 15.9. The fourth-order valence-electron chi connectivity index (χ4n) is 2.87. The summed E-state index contributed by atoms with van der Waals surface area (Å²) in [5.74, 6) is -0.289. The molecule has 0 aliphatic carbocycles. The van der Waals surface area contributed by atoms with Crippen LogP contribution < -0.4 is 21.5 Å². The van der Waals surface area contributed by atoms with Crippen molar-refractivity contribution in [2.24, 2.45) is 14.1 Å². The summed E-state index contributed by atoms with van der Waals surface area (Å²) in [6.07, 6.45) is 1.41. The number of imidazole rings is 1. The molecule has 142 valence electrons. The molecular formula is C18H22N6O3. The summed E-state index contributed by atoms with van der Waals surface area (Å²) >= 11 is 0. The van der Waals surface area contributed by atoms with Gasteiger partial charge in [-0.05, 0) is 31.2 Å². The predicted octanol–water partition coefficient (Wildman–Crippen LogP) is 0.699. The number of hydrogen-bond donors (Lipinski definition) is 1. The van der Waals surface area contributed by atoms with E-state index in [1.54, 1.807) is 14.0 Å². The van der Waals surface area contributed by atoms with Crippen molar-refractivity contribution in [1.82, 2.24) is 18.7 Å². The van der Waals surface area contributed by atoms with Crippen molar-refractivity contribution in [3.63, 3.8) is 0 Å². The maximum Gasteiger partial charge on any atom is 0.332 e. The summed E-state index contributed by atoms with van der Waals surface area (Å²) in [5, 5.41) is 2.84. The van der Waals surface area contributed by atoms with Gasteiger partial charge in [0.25, 0.3) is 5.56 Å². The highest BCUT2D eigenvalue weighted by Crippen LogP contribution is 2.18. The van der Waals surface area contributed by atoms with Crippen LogP contribution in [-0.2, 0) is 18.9 Å². The highest BCUT2D eigenvalue weighted by molar-refractivity contribution is 5.94. The van der Waals surface area contributed by atoms with Crippen LogP contribution in [0.15, 0.2) is 40.2 Å². The van der Waals surface area contributed by atoms with E-state index in [0.29, 0.717) is 5.69 Å². The van der Waals surface area contributed by atoms with E-state index in [1.165, 1.54) is 22.5 Å². The average molecular weight is 370 g/mol. The van der Waals surface area contributed by atoms with E-state index < -0.39 is 17.3 Å². The molecular weight excluding hydrogens is 348 g/mol. The number of carbonyl (C=O) groups is 1. The number of aryl methyl sites for hydroxylation is 1. The van der Waals surface area contributed by atoms with E-state index in [1.807, 2.05) is 43.3 Å². The Morgan fingerprint density at radius 1 is 1.11 bits per heavy atom. The van der Waals surface area contributed by atoms with Crippen molar-refractivity contribution in [3.8, 4) is 0 Å². The summed E-state index contributed by atoms with van der Waals surface area (Å²) in [5.41, 5.74) is 1.19. The van der Waals surface area contributed by atoms with Crippen LogP contribution in [0.25, 0.3) is 11.2 Å². The first-order valence-electron chi connectivity index (χ1n) is 8.43. The van der Waals surface area contributed by atoms with Crippen molar-refractivity contribution in [3.05, 3.63) is 51.4 Å². The topological polar surface area (TPSA) is 94.2 Å². The van der Waals surface area contributed by atoms with Crippen molar-refractivity contribution >= 4 is 28.4 Å². The molecule has 0 spiro atoms. The minimum absolute atomic E-state index is 0.213. The Balaban J connectivity index is 1.94. The maximum atomic E-state index is 12.7. The van der Waals surface area contributed by atoms with Crippen LogP contribution in [0.2, 0.25) is 0 Å². The minimum atomic E-state index is -0.686. The Kier molecular flexibility index (Phi) is 4.61. The predicted molar refractivity (Wildman–Crippen MR) is 104 cm³/mol. The molecule has 1 amide bonds. The van der Waals surface area contributed by atoms with Gasteiger partial charge in [-0.3, -0.25) is 18.7 Å². The molecule has 0 radical (unpaired) electrons. The molecule has 2 aromatic heterocycles. The normalized spacial score (nSPS) is 12.2. The van der Waals surface area contributed by atoms with Crippen LogP contribution >= 0.6 is 0 Å². The fraction of sp³-hybridized carbons (Fsp3) is 0.333. The molecule has 1 atom stereocenters. The van der Waals surface area contributed by atoms with E-state index in [2.05, 4.69) is 10.3 Å². The minimum Gasteiger partial charge on any atom is -0.378 e. The van der Waals surface area contributed by atoms with Crippen molar-refractivity contribution in [2.75, 3.05) is 24.3 Å². The Bertz CT molecular complexity index is 1120. The summed E-state index contributed by atoms with van der Waals surface area (Å²) in [4.78, 5) is 43.3. The lowest BCUT2D eigenvalue weighted by molar-refractivity contribution is -0.118. The number of rotatable bonds is 4. The molecule has 3 aromatic rings. The summed E-state index contributed by atoms with van der Waals surface area (Å²) < 4.78 is 3.78. The molecule has 2 heterocycles.